The van der Waals surface area contributed by atoms with E-state index in [2.05, 4.69) is 10.1 Å². The maximum absolute atomic E-state index is 6.24. The first-order chi connectivity index (χ1) is 8.29. The lowest BCUT2D eigenvalue weighted by Crippen LogP contribution is -2.04. The predicted molar refractivity (Wildman–Crippen MR) is 66.2 cm³/mol. The molecule has 0 spiro atoms. The van der Waals surface area contributed by atoms with Crippen molar-refractivity contribution in [2.45, 2.75) is 25.3 Å². The molecule has 17 heavy (non-hydrogen) atoms. The molecule has 0 saturated heterocycles. The molecule has 5 heteroatoms. The first-order valence-corrected chi connectivity index (χ1v) is 6.07. The summed E-state index contributed by atoms with van der Waals surface area (Å²) in [5, 5.41) is 5.09. The van der Waals surface area contributed by atoms with Crippen LogP contribution in [0.25, 0.3) is 5.82 Å². The molecule has 2 heterocycles. The number of rotatable bonds is 3. The van der Waals surface area contributed by atoms with E-state index in [4.69, 9.17) is 17.3 Å². The van der Waals surface area contributed by atoms with Crippen molar-refractivity contribution < 1.29 is 0 Å². The van der Waals surface area contributed by atoms with Gasteiger partial charge in [-0.1, -0.05) is 11.6 Å². The molecule has 0 unspecified atom stereocenters. The summed E-state index contributed by atoms with van der Waals surface area (Å²) in [6.45, 7) is 0.408. The molecule has 1 saturated carbocycles. The zero-order chi connectivity index (χ0) is 11.8. The SMILES string of the molecule is NCc1ccnc(-n2ccc(C3CC3)n2)c1Cl. The lowest BCUT2D eigenvalue weighted by atomic mass is 10.2. The van der Waals surface area contributed by atoms with Gasteiger partial charge in [0.2, 0.25) is 0 Å². The summed E-state index contributed by atoms with van der Waals surface area (Å²) in [7, 11) is 0. The molecule has 2 N–H and O–H groups in total. The molecule has 2 aromatic heterocycles. The molecule has 0 radical (unpaired) electrons. The van der Waals surface area contributed by atoms with Crippen LogP contribution in [0.4, 0.5) is 0 Å². The first kappa shape index (κ1) is 10.7. The van der Waals surface area contributed by atoms with Crippen LogP contribution in [0, 0.1) is 0 Å². The van der Waals surface area contributed by atoms with Gasteiger partial charge in [-0.3, -0.25) is 0 Å². The average molecular weight is 249 g/mol. The van der Waals surface area contributed by atoms with Gasteiger partial charge in [0.25, 0.3) is 0 Å². The highest BCUT2D eigenvalue weighted by Gasteiger charge is 2.26. The van der Waals surface area contributed by atoms with Crippen molar-refractivity contribution in [3.8, 4) is 5.82 Å². The largest absolute Gasteiger partial charge is 0.326 e. The van der Waals surface area contributed by atoms with E-state index in [1.807, 2.05) is 18.3 Å². The second-order valence-electron chi connectivity index (χ2n) is 4.27. The average Bonchev–Trinajstić information content (AvgIpc) is 3.08. The number of halogens is 1. The third kappa shape index (κ3) is 1.94. The third-order valence-corrected chi connectivity index (χ3v) is 3.40. The van der Waals surface area contributed by atoms with Crippen LogP contribution in [0.1, 0.15) is 30.0 Å². The first-order valence-electron chi connectivity index (χ1n) is 5.69. The van der Waals surface area contributed by atoms with E-state index in [1.54, 1.807) is 10.9 Å². The smallest absolute Gasteiger partial charge is 0.172 e. The second-order valence-corrected chi connectivity index (χ2v) is 4.65. The minimum Gasteiger partial charge on any atom is -0.326 e. The Hall–Kier alpha value is -1.39. The van der Waals surface area contributed by atoms with E-state index in [0.717, 1.165) is 11.3 Å². The Labute approximate surface area is 104 Å². The number of hydrogen-bond donors (Lipinski definition) is 1. The minimum atomic E-state index is 0.408. The van der Waals surface area contributed by atoms with Crippen molar-refractivity contribution >= 4 is 11.6 Å². The van der Waals surface area contributed by atoms with E-state index in [1.165, 1.54) is 12.8 Å². The Morgan fingerprint density at radius 1 is 1.41 bits per heavy atom. The molecule has 0 atom stereocenters. The second kappa shape index (κ2) is 4.13. The van der Waals surface area contributed by atoms with Crippen molar-refractivity contribution in [1.82, 2.24) is 14.8 Å². The summed E-state index contributed by atoms with van der Waals surface area (Å²) < 4.78 is 1.73. The summed E-state index contributed by atoms with van der Waals surface area (Å²) in [5.41, 5.74) is 7.63. The van der Waals surface area contributed by atoms with Crippen molar-refractivity contribution in [1.29, 1.82) is 0 Å². The molecule has 0 aliphatic heterocycles. The molecule has 0 aromatic carbocycles. The quantitative estimate of drug-likeness (QED) is 0.907. The number of aromatic nitrogens is 3. The molecule has 4 nitrogen and oxygen atoms in total. The fourth-order valence-electron chi connectivity index (χ4n) is 1.84. The Balaban J connectivity index is 2.01. The lowest BCUT2D eigenvalue weighted by Gasteiger charge is -2.06. The maximum atomic E-state index is 6.24. The molecule has 88 valence electrons. The van der Waals surface area contributed by atoms with Gasteiger partial charge in [-0.05, 0) is 30.5 Å². The normalized spacial score (nSPS) is 15.2. The maximum Gasteiger partial charge on any atom is 0.172 e. The van der Waals surface area contributed by atoms with Crippen molar-refractivity contribution in [3.05, 3.63) is 40.8 Å². The predicted octanol–water partition coefficient (Wildman–Crippen LogP) is 2.26. The van der Waals surface area contributed by atoms with Gasteiger partial charge in [-0.25, -0.2) is 9.67 Å². The van der Waals surface area contributed by atoms with Crippen LogP contribution >= 0.6 is 11.6 Å². The summed E-state index contributed by atoms with van der Waals surface area (Å²) in [4.78, 5) is 4.26. The Morgan fingerprint density at radius 3 is 2.94 bits per heavy atom. The van der Waals surface area contributed by atoms with E-state index in [0.29, 0.717) is 23.3 Å². The zero-order valence-corrected chi connectivity index (χ0v) is 10.1. The standard InChI is InChI=1S/C12H13ClN4/c13-11-9(7-14)3-5-15-12(11)17-6-4-10(16-17)8-1-2-8/h3-6,8H,1-2,7,14H2. The molecule has 3 rings (SSSR count). The molecule has 0 bridgehead atoms. The number of hydrogen-bond acceptors (Lipinski definition) is 3. The molecular weight excluding hydrogens is 236 g/mol. The highest BCUT2D eigenvalue weighted by atomic mass is 35.5. The van der Waals surface area contributed by atoms with Gasteiger partial charge in [-0.2, -0.15) is 5.10 Å². The molecule has 2 aromatic rings. The molecule has 1 aliphatic carbocycles. The fraction of sp³-hybridized carbons (Fsp3) is 0.333. The van der Waals surface area contributed by atoms with E-state index in [-0.39, 0.29) is 0 Å². The third-order valence-electron chi connectivity index (χ3n) is 2.99. The van der Waals surface area contributed by atoms with Gasteiger partial charge >= 0.3 is 0 Å². The van der Waals surface area contributed by atoms with Gasteiger partial charge in [0.05, 0.1) is 10.7 Å². The van der Waals surface area contributed by atoms with Crippen molar-refractivity contribution in [3.63, 3.8) is 0 Å². The van der Waals surface area contributed by atoms with E-state index in [9.17, 15) is 0 Å². The highest BCUT2D eigenvalue weighted by molar-refractivity contribution is 6.32. The van der Waals surface area contributed by atoms with Crippen LogP contribution in [-0.4, -0.2) is 14.8 Å². The van der Waals surface area contributed by atoms with Crippen molar-refractivity contribution in [2.75, 3.05) is 0 Å². The van der Waals surface area contributed by atoms with Gasteiger partial charge in [-0.15, -0.1) is 0 Å². The number of pyridine rings is 1. The zero-order valence-electron chi connectivity index (χ0n) is 9.31. The summed E-state index contributed by atoms with van der Waals surface area (Å²) in [5.74, 6) is 1.29. The van der Waals surface area contributed by atoms with Gasteiger partial charge in [0, 0.05) is 24.9 Å². The molecule has 0 amide bonds. The number of nitrogens with two attached hydrogens (primary N) is 1. The van der Waals surface area contributed by atoms with Crippen LogP contribution in [0.3, 0.4) is 0 Å². The molecular formula is C12H13ClN4. The summed E-state index contributed by atoms with van der Waals surface area (Å²) >= 11 is 6.24. The topological polar surface area (TPSA) is 56.7 Å². The van der Waals surface area contributed by atoms with Crippen LogP contribution in [-0.2, 0) is 6.54 Å². The van der Waals surface area contributed by atoms with Crippen LogP contribution in [0.15, 0.2) is 24.5 Å². The monoisotopic (exact) mass is 248 g/mol. The van der Waals surface area contributed by atoms with Gasteiger partial charge in [0.15, 0.2) is 5.82 Å². The minimum absolute atomic E-state index is 0.408. The molecule has 1 fully saturated rings. The Morgan fingerprint density at radius 2 is 2.24 bits per heavy atom. The Bertz CT molecular complexity index is 545. The summed E-state index contributed by atoms with van der Waals surface area (Å²) in [6.07, 6.45) is 6.09. The van der Waals surface area contributed by atoms with E-state index < -0.39 is 0 Å². The van der Waals surface area contributed by atoms with E-state index >= 15 is 0 Å². The van der Waals surface area contributed by atoms with Crippen LogP contribution < -0.4 is 5.73 Å². The highest BCUT2D eigenvalue weighted by Crippen LogP contribution is 2.39. The lowest BCUT2D eigenvalue weighted by molar-refractivity contribution is 0.809. The van der Waals surface area contributed by atoms with Crippen LogP contribution in [0.5, 0.6) is 0 Å². The summed E-state index contributed by atoms with van der Waals surface area (Å²) in [6, 6.07) is 3.86. The van der Waals surface area contributed by atoms with Crippen molar-refractivity contribution in [2.24, 2.45) is 5.73 Å². The van der Waals surface area contributed by atoms with Crippen LogP contribution in [0.2, 0.25) is 5.02 Å². The number of nitrogens with zero attached hydrogens (tertiary/aromatic N) is 3. The van der Waals surface area contributed by atoms with Gasteiger partial charge < -0.3 is 5.73 Å². The van der Waals surface area contributed by atoms with Gasteiger partial charge in [0.1, 0.15) is 0 Å². The Kier molecular flexibility index (Phi) is 2.61. The molecule has 1 aliphatic rings. The fourth-order valence-corrected chi connectivity index (χ4v) is 2.12.